The molecule has 1 N–H and O–H groups in total. The van der Waals surface area contributed by atoms with Crippen LogP contribution in [0, 0.1) is 5.82 Å². The Kier molecular flexibility index (Phi) is 4.04. The minimum absolute atomic E-state index is 0.333. The van der Waals surface area contributed by atoms with Gasteiger partial charge in [-0.15, -0.1) is 10.2 Å². The van der Waals surface area contributed by atoms with Gasteiger partial charge in [-0.05, 0) is 24.7 Å². The van der Waals surface area contributed by atoms with Gasteiger partial charge in [0.15, 0.2) is 5.01 Å². The molecule has 0 spiro atoms. The minimum Gasteiger partial charge on any atom is -0.311 e. The molecule has 17 heavy (non-hydrogen) atoms. The second kappa shape index (κ2) is 5.53. The normalized spacial score (nSPS) is 10.8. The fourth-order valence-electron chi connectivity index (χ4n) is 1.33. The molecule has 6 heteroatoms. The number of nitrogens with zero attached hydrogens (tertiary/aromatic N) is 2. The monoisotopic (exact) mass is 271 g/mol. The van der Waals surface area contributed by atoms with E-state index in [1.54, 1.807) is 6.07 Å². The zero-order chi connectivity index (χ0) is 12.3. The molecule has 0 atom stereocenters. The van der Waals surface area contributed by atoms with Crippen LogP contribution in [0.2, 0.25) is 5.02 Å². The van der Waals surface area contributed by atoms with E-state index in [9.17, 15) is 4.39 Å². The first-order valence-corrected chi connectivity index (χ1v) is 6.38. The van der Waals surface area contributed by atoms with Gasteiger partial charge in [-0.3, -0.25) is 0 Å². The van der Waals surface area contributed by atoms with Gasteiger partial charge in [-0.25, -0.2) is 4.39 Å². The van der Waals surface area contributed by atoms with Crippen LogP contribution in [-0.4, -0.2) is 16.7 Å². The molecule has 0 bridgehead atoms. The number of benzene rings is 1. The second-order valence-corrected chi connectivity index (χ2v) is 4.90. The van der Waals surface area contributed by atoms with Gasteiger partial charge in [0.05, 0.1) is 0 Å². The Morgan fingerprint density at radius 2 is 2.24 bits per heavy atom. The van der Waals surface area contributed by atoms with Crippen molar-refractivity contribution in [2.24, 2.45) is 0 Å². The largest absolute Gasteiger partial charge is 0.311 e. The summed E-state index contributed by atoms with van der Waals surface area (Å²) in [4.78, 5) is 0. The highest BCUT2D eigenvalue weighted by Crippen LogP contribution is 2.28. The van der Waals surface area contributed by atoms with Crippen LogP contribution in [0.15, 0.2) is 18.2 Å². The molecule has 0 amide bonds. The summed E-state index contributed by atoms with van der Waals surface area (Å²) in [5.74, 6) is -0.333. The van der Waals surface area contributed by atoms with Gasteiger partial charge >= 0.3 is 0 Å². The molecular formula is C11H11ClFN3S. The van der Waals surface area contributed by atoms with Gasteiger partial charge < -0.3 is 5.32 Å². The van der Waals surface area contributed by atoms with E-state index >= 15 is 0 Å². The molecule has 0 saturated carbocycles. The first-order chi connectivity index (χ1) is 8.20. The maximum Gasteiger partial charge on any atom is 0.150 e. The van der Waals surface area contributed by atoms with Gasteiger partial charge in [0.2, 0.25) is 0 Å². The van der Waals surface area contributed by atoms with Crippen LogP contribution in [0.3, 0.4) is 0 Å². The van der Waals surface area contributed by atoms with Crippen molar-refractivity contribution in [3.63, 3.8) is 0 Å². The van der Waals surface area contributed by atoms with Gasteiger partial charge in [0.25, 0.3) is 0 Å². The average Bonchev–Trinajstić information content (AvgIpc) is 2.78. The van der Waals surface area contributed by atoms with E-state index in [1.807, 2.05) is 6.92 Å². The molecule has 1 aromatic carbocycles. The number of nitrogens with one attached hydrogen (secondary N) is 1. The van der Waals surface area contributed by atoms with E-state index < -0.39 is 0 Å². The highest BCUT2D eigenvalue weighted by atomic mass is 35.5. The maximum atomic E-state index is 13.6. The Labute approximate surface area is 108 Å². The van der Waals surface area contributed by atoms with Crippen LogP contribution in [-0.2, 0) is 6.54 Å². The summed E-state index contributed by atoms with van der Waals surface area (Å²) in [6, 6.07) is 4.42. The fraction of sp³-hybridized carbons (Fsp3) is 0.273. The number of hydrogen-bond acceptors (Lipinski definition) is 4. The lowest BCUT2D eigenvalue weighted by Crippen LogP contribution is -2.11. The molecule has 90 valence electrons. The number of rotatable bonds is 4. The Hall–Kier alpha value is -1.04. The predicted molar refractivity (Wildman–Crippen MR) is 67.7 cm³/mol. The Bertz CT molecular complexity index is 515. The second-order valence-electron chi connectivity index (χ2n) is 3.41. The first kappa shape index (κ1) is 12.4. The summed E-state index contributed by atoms with van der Waals surface area (Å²) < 4.78 is 13.6. The predicted octanol–water partition coefficient (Wildman–Crippen LogP) is 3.11. The van der Waals surface area contributed by atoms with Crippen LogP contribution in [0.1, 0.15) is 11.9 Å². The number of aromatic nitrogens is 2. The number of halogens is 2. The highest BCUT2D eigenvalue weighted by molar-refractivity contribution is 7.14. The first-order valence-electron chi connectivity index (χ1n) is 5.19. The molecule has 0 unspecified atom stereocenters. The third-order valence-electron chi connectivity index (χ3n) is 2.15. The molecular weight excluding hydrogens is 261 g/mol. The topological polar surface area (TPSA) is 37.8 Å². The van der Waals surface area contributed by atoms with E-state index in [-0.39, 0.29) is 5.82 Å². The Morgan fingerprint density at radius 1 is 1.41 bits per heavy atom. The van der Waals surface area contributed by atoms with Crippen molar-refractivity contribution in [1.82, 2.24) is 15.5 Å². The quantitative estimate of drug-likeness (QED) is 0.929. The molecule has 2 aromatic rings. The van der Waals surface area contributed by atoms with Crippen molar-refractivity contribution in [2.45, 2.75) is 13.5 Å². The lowest BCUT2D eigenvalue weighted by Gasteiger charge is -1.98. The van der Waals surface area contributed by atoms with E-state index in [0.29, 0.717) is 22.1 Å². The lowest BCUT2D eigenvalue weighted by molar-refractivity contribution is 0.631. The lowest BCUT2D eigenvalue weighted by atomic mass is 10.2. The molecule has 3 nitrogen and oxygen atoms in total. The summed E-state index contributed by atoms with van der Waals surface area (Å²) in [5, 5.41) is 13.0. The third-order valence-corrected chi connectivity index (χ3v) is 3.34. The smallest absolute Gasteiger partial charge is 0.150 e. The van der Waals surface area contributed by atoms with Crippen LogP contribution < -0.4 is 5.32 Å². The molecule has 0 aliphatic carbocycles. The van der Waals surface area contributed by atoms with Crippen molar-refractivity contribution in [3.05, 3.63) is 34.0 Å². The van der Waals surface area contributed by atoms with Crippen molar-refractivity contribution in [1.29, 1.82) is 0 Å². The van der Waals surface area contributed by atoms with Crippen LogP contribution in [0.25, 0.3) is 10.6 Å². The van der Waals surface area contributed by atoms with Gasteiger partial charge in [-0.1, -0.05) is 29.9 Å². The summed E-state index contributed by atoms with van der Waals surface area (Å²) >= 11 is 7.20. The zero-order valence-electron chi connectivity index (χ0n) is 9.20. The average molecular weight is 272 g/mol. The molecule has 0 aliphatic heterocycles. The summed E-state index contributed by atoms with van der Waals surface area (Å²) in [6.45, 7) is 3.52. The number of hydrogen-bond donors (Lipinski definition) is 1. The summed E-state index contributed by atoms with van der Waals surface area (Å²) in [6.07, 6.45) is 0. The highest BCUT2D eigenvalue weighted by Gasteiger charge is 2.11. The summed E-state index contributed by atoms with van der Waals surface area (Å²) in [7, 11) is 0. The van der Waals surface area contributed by atoms with Crippen molar-refractivity contribution < 1.29 is 4.39 Å². The molecule has 0 aliphatic rings. The van der Waals surface area contributed by atoms with Crippen LogP contribution in [0.5, 0.6) is 0 Å². The Morgan fingerprint density at radius 3 is 3.00 bits per heavy atom. The SMILES string of the molecule is CCNCc1nnc(-c2cc(Cl)ccc2F)s1. The van der Waals surface area contributed by atoms with Gasteiger partial charge in [0.1, 0.15) is 10.8 Å². The minimum atomic E-state index is -0.333. The van der Waals surface area contributed by atoms with E-state index in [1.165, 1.54) is 23.5 Å². The molecule has 0 saturated heterocycles. The van der Waals surface area contributed by atoms with Crippen LogP contribution in [0.4, 0.5) is 4.39 Å². The van der Waals surface area contributed by atoms with E-state index in [0.717, 1.165) is 11.6 Å². The zero-order valence-corrected chi connectivity index (χ0v) is 10.8. The van der Waals surface area contributed by atoms with Crippen LogP contribution >= 0.6 is 22.9 Å². The molecule has 0 radical (unpaired) electrons. The molecule has 1 heterocycles. The van der Waals surface area contributed by atoms with E-state index in [4.69, 9.17) is 11.6 Å². The molecule has 1 aromatic heterocycles. The molecule has 2 rings (SSSR count). The summed E-state index contributed by atoms with van der Waals surface area (Å²) in [5.41, 5.74) is 0.401. The fourth-order valence-corrected chi connectivity index (χ4v) is 2.33. The Balaban J connectivity index is 2.27. The molecule has 0 fully saturated rings. The van der Waals surface area contributed by atoms with Gasteiger partial charge in [0, 0.05) is 17.1 Å². The van der Waals surface area contributed by atoms with Crippen molar-refractivity contribution >= 4 is 22.9 Å². The maximum absolute atomic E-state index is 13.6. The van der Waals surface area contributed by atoms with Crippen molar-refractivity contribution in [2.75, 3.05) is 6.54 Å². The van der Waals surface area contributed by atoms with E-state index in [2.05, 4.69) is 15.5 Å². The van der Waals surface area contributed by atoms with Gasteiger partial charge in [-0.2, -0.15) is 0 Å². The standard InChI is InChI=1S/C11H11ClFN3S/c1-2-14-6-10-15-16-11(17-10)8-5-7(12)3-4-9(8)13/h3-5,14H,2,6H2,1H3. The van der Waals surface area contributed by atoms with Crippen molar-refractivity contribution in [3.8, 4) is 10.6 Å². The third kappa shape index (κ3) is 3.00.